The highest BCUT2D eigenvalue weighted by Gasteiger charge is 1.91. The number of nitrogens with zero attached hydrogens (tertiary/aromatic N) is 3. The van der Waals surface area contributed by atoms with Crippen molar-refractivity contribution in [1.82, 2.24) is 0 Å². The maximum absolute atomic E-state index is 7.80. The predicted octanol–water partition coefficient (Wildman–Crippen LogP) is 1.49. The second-order valence-corrected chi connectivity index (χ2v) is 1.11. The van der Waals surface area contributed by atoms with Gasteiger partial charge in [-0.15, -0.1) is 0 Å². The molecule has 0 rings (SSSR count). The third-order valence-corrected chi connectivity index (χ3v) is 0.539. The van der Waals surface area contributed by atoms with Crippen molar-refractivity contribution in [3.8, 4) is 0 Å². The first-order chi connectivity index (χ1) is 3.81. The molecule has 0 saturated heterocycles. The molecule has 0 aromatic carbocycles. The van der Waals surface area contributed by atoms with Crippen LogP contribution in [0, 0.1) is 6.92 Å². The van der Waals surface area contributed by atoms with E-state index in [1.54, 1.807) is 0 Å². The molecule has 4 heteroatoms. The van der Waals surface area contributed by atoms with Crippen molar-refractivity contribution in [3.05, 3.63) is 17.4 Å². The predicted molar refractivity (Wildman–Crippen MR) is 29.9 cm³/mol. The van der Waals surface area contributed by atoms with Crippen LogP contribution in [0.5, 0.6) is 0 Å². The van der Waals surface area contributed by atoms with Crippen LogP contribution in [0.4, 0.5) is 0 Å². The number of azide groups is 1. The van der Waals surface area contributed by atoms with Gasteiger partial charge in [0, 0.05) is 11.5 Å². The molecule has 0 N–H and O–H groups in total. The lowest BCUT2D eigenvalue weighted by Crippen LogP contribution is -2.02. The molecule has 8 heavy (non-hydrogen) atoms. The average Bonchev–Trinajstić information content (AvgIpc) is 1.68. The molecule has 0 aliphatic carbocycles. The Balaban J connectivity index is 3.31. The van der Waals surface area contributed by atoms with Crippen molar-refractivity contribution in [2.24, 2.45) is 5.11 Å². The van der Waals surface area contributed by atoms with Crippen LogP contribution < -0.4 is 0 Å². The summed E-state index contributed by atoms with van der Waals surface area (Å²) < 4.78 is 4.75. The minimum absolute atomic E-state index is 0.521. The Kier molecular flexibility index (Phi) is 4.03. The summed E-state index contributed by atoms with van der Waals surface area (Å²) >= 11 is 0. The Morgan fingerprint density at radius 2 is 2.62 bits per heavy atom. The number of hydrogen-bond acceptors (Lipinski definition) is 2. The lowest BCUT2D eigenvalue weighted by atomic mass is 10.7. The van der Waals surface area contributed by atoms with Crippen molar-refractivity contribution < 1.29 is 4.74 Å². The van der Waals surface area contributed by atoms with Crippen molar-refractivity contribution in [1.29, 1.82) is 0 Å². The van der Waals surface area contributed by atoms with Crippen molar-refractivity contribution in [2.75, 3.05) is 6.61 Å². The van der Waals surface area contributed by atoms with E-state index >= 15 is 0 Å². The van der Waals surface area contributed by atoms with Crippen LogP contribution in [0.15, 0.2) is 5.11 Å². The summed E-state index contributed by atoms with van der Waals surface area (Å²) in [5.41, 5.74) is 7.80. The quantitative estimate of drug-likeness (QED) is 0.311. The van der Waals surface area contributed by atoms with Crippen LogP contribution >= 0.6 is 0 Å². The summed E-state index contributed by atoms with van der Waals surface area (Å²) in [6.45, 7) is 5.71. The molecule has 0 amide bonds. The second kappa shape index (κ2) is 4.43. The fourth-order valence-electron chi connectivity index (χ4n) is 0.283. The van der Waals surface area contributed by atoms with Crippen LogP contribution in [-0.4, -0.2) is 12.8 Å². The van der Waals surface area contributed by atoms with Gasteiger partial charge in [0.15, 0.2) is 0 Å². The highest BCUT2D eigenvalue weighted by Crippen LogP contribution is 1.89. The van der Waals surface area contributed by atoms with Gasteiger partial charge >= 0.3 is 0 Å². The van der Waals surface area contributed by atoms with Crippen LogP contribution in [0.1, 0.15) is 6.92 Å². The van der Waals surface area contributed by atoms with Gasteiger partial charge in [-0.2, -0.15) is 0 Å². The van der Waals surface area contributed by atoms with E-state index in [1.165, 1.54) is 0 Å². The number of hydrogen-bond donors (Lipinski definition) is 0. The molecule has 0 bridgehead atoms. The average molecular weight is 114 g/mol. The highest BCUT2D eigenvalue weighted by molar-refractivity contribution is 4.55. The van der Waals surface area contributed by atoms with E-state index in [-0.39, 0.29) is 0 Å². The monoisotopic (exact) mass is 114 g/mol. The van der Waals surface area contributed by atoms with Gasteiger partial charge in [-0.1, -0.05) is 5.11 Å². The first-order valence-corrected chi connectivity index (χ1v) is 2.30. The molecule has 0 fully saturated rings. The number of ether oxygens (including phenoxy) is 1. The molecular formula is C4H8N3O. The summed E-state index contributed by atoms with van der Waals surface area (Å²) in [6, 6.07) is 0. The Bertz CT molecular complexity index is 97.5. The molecule has 0 spiro atoms. The van der Waals surface area contributed by atoms with E-state index in [1.807, 2.05) is 6.92 Å². The Morgan fingerprint density at radius 1 is 2.00 bits per heavy atom. The minimum Gasteiger partial charge on any atom is -0.372 e. The van der Waals surface area contributed by atoms with E-state index < -0.39 is 6.23 Å². The normalized spacial score (nSPS) is 12.2. The van der Waals surface area contributed by atoms with Gasteiger partial charge in [0.25, 0.3) is 0 Å². The molecule has 0 aliphatic heterocycles. The lowest BCUT2D eigenvalue weighted by Gasteiger charge is -2.00. The van der Waals surface area contributed by atoms with Gasteiger partial charge in [0.2, 0.25) is 0 Å². The zero-order chi connectivity index (χ0) is 6.41. The van der Waals surface area contributed by atoms with E-state index in [9.17, 15) is 0 Å². The third-order valence-electron chi connectivity index (χ3n) is 0.539. The summed E-state index contributed by atoms with van der Waals surface area (Å²) in [5.74, 6) is 0. The zero-order valence-electron chi connectivity index (χ0n) is 4.74. The van der Waals surface area contributed by atoms with Crippen LogP contribution in [0.2, 0.25) is 0 Å². The highest BCUT2D eigenvalue weighted by atomic mass is 16.5. The minimum atomic E-state index is -0.579. The molecule has 1 radical (unpaired) electrons. The standard InChI is InChI=1S/C4H8N3O/c1-3-8-4(2)6-7-5/h4H,2-3H2,1H3. The molecule has 45 valence electrons. The van der Waals surface area contributed by atoms with Gasteiger partial charge in [-0.3, -0.25) is 0 Å². The van der Waals surface area contributed by atoms with E-state index in [2.05, 4.69) is 16.9 Å². The van der Waals surface area contributed by atoms with Crippen molar-refractivity contribution in [3.63, 3.8) is 0 Å². The van der Waals surface area contributed by atoms with Crippen LogP contribution in [0.25, 0.3) is 10.4 Å². The molecule has 0 aliphatic rings. The van der Waals surface area contributed by atoms with Gasteiger partial charge in [0.1, 0.15) is 6.23 Å². The third kappa shape index (κ3) is 3.46. The fraction of sp³-hybridized carbons (Fsp3) is 0.750. The topological polar surface area (TPSA) is 58.0 Å². The van der Waals surface area contributed by atoms with E-state index in [0.717, 1.165) is 0 Å². The first kappa shape index (κ1) is 7.27. The smallest absolute Gasteiger partial charge is 0.136 e. The van der Waals surface area contributed by atoms with Crippen LogP contribution in [0.3, 0.4) is 0 Å². The summed E-state index contributed by atoms with van der Waals surface area (Å²) in [7, 11) is 0. The molecule has 1 unspecified atom stereocenters. The SMILES string of the molecule is [CH2]C(N=[N+]=[N-])OCC. The Morgan fingerprint density at radius 3 is 3.00 bits per heavy atom. The molecular weight excluding hydrogens is 106 g/mol. The lowest BCUT2D eigenvalue weighted by molar-refractivity contribution is 0.0995. The largest absolute Gasteiger partial charge is 0.372 e. The summed E-state index contributed by atoms with van der Waals surface area (Å²) in [4.78, 5) is 2.49. The molecule has 4 nitrogen and oxygen atoms in total. The molecule has 0 saturated carbocycles. The second-order valence-electron chi connectivity index (χ2n) is 1.11. The van der Waals surface area contributed by atoms with Crippen molar-refractivity contribution >= 4 is 0 Å². The Hall–Kier alpha value is -0.730. The maximum Gasteiger partial charge on any atom is 0.136 e. The summed E-state index contributed by atoms with van der Waals surface area (Å²) in [6.07, 6.45) is -0.579. The van der Waals surface area contributed by atoms with Gasteiger partial charge in [0.05, 0.1) is 0 Å². The van der Waals surface area contributed by atoms with E-state index in [0.29, 0.717) is 6.61 Å². The molecule has 1 atom stereocenters. The molecule has 0 heterocycles. The van der Waals surface area contributed by atoms with Crippen LogP contribution in [-0.2, 0) is 4.74 Å². The fourth-order valence-corrected chi connectivity index (χ4v) is 0.283. The first-order valence-electron chi connectivity index (χ1n) is 2.30. The number of rotatable bonds is 3. The van der Waals surface area contributed by atoms with E-state index in [4.69, 9.17) is 10.3 Å². The van der Waals surface area contributed by atoms with Crippen molar-refractivity contribution in [2.45, 2.75) is 13.2 Å². The molecule has 0 aromatic heterocycles. The van der Waals surface area contributed by atoms with Gasteiger partial charge in [-0.05, 0) is 19.4 Å². The maximum atomic E-state index is 7.80. The zero-order valence-corrected chi connectivity index (χ0v) is 4.74. The van der Waals surface area contributed by atoms with Gasteiger partial charge in [-0.25, -0.2) is 0 Å². The summed E-state index contributed by atoms with van der Waals surface area (Å²) in [5, 5.41) is 3.16. The Labute approximate surface area is 48.1 Å². The molecule has 0 aromatic rings. The van der Waals surface area contributed by atoms with Gasteiger partial charge < -0.3 is 4.74 Å².